The van der Waals surface area contributed by atoms with Gasteiger partial charge in [0, 0.05) is 6.20 Å². The van der Waals surface area contributed by atoms with Crippen LogP contribution in [0.5, 0.6) is 0 Å². The molecule has 2 heterocycles. The summed E-state index contributed by atoms with van der Waals surface area (Å²) in [5, 5.41) is 7.99. The summed E-state index contributed by atoms with van der Waals surface area (Å²) in [6.07, 6.45) is 1.50. The van der Waals surface area contributed by atoms with E-state index in [0.717, 1.165) is 0 Å². The third-order valence-corrected chi connectivity index (χ3v) is 4.62. The Hall–Kier alpha value is -3.53. The maximum absolute atomic E-state index is 12.3. The van der Waals surface area contributed by atoms with Crippen LogP contribution in [0.1, 0.15) is 0 Å². The first-order valence-corrected chi connectivity index (χ1v) is 8.90. The van der Waals surface area contributed by atoms with Crippen LogP contribution in [0.25, 0.3) is 0 Å². The summed E-state index contributed by atoms with van der Waals surface area (Å²) in [6.45, 7) is 0. The summed E-state index contributed by atoms with van der Waals surface area (Å²) in [5.41, 5.74) is 12.0. The first kappa shape index (κ1) is 17.3. The van der Waals surface area contributed by atoms with Crippen LogP contribution >= 0.6 is 0 Å². The molecule has 0 aliphatic carbocycles. The summed E-state index contributed by atoms with van der Waals surface area (Å²) in [5.74, 6) is 0.687. The van der Waals surface area contributed by atoms with Crippen molar-refractivity contribution in [1.82, 2.24) is 9.97 Å². The van der Waals surface area contributed by atoms with Crippen LogP contribution in [0.2, 0.25) is 0 Å². The highest BCUT2D eigenvalue weighted by Gasteiger charge is 2.14. The van der Waals surface area contributed by atoms with E-state index in [-0.39, 0.29) is 22.3 Å². The Bertz CT molecular complexity index is 1040. The van der Waals surface area contributed by atoms with E-state index in [1.54, 1.807) is 30.3 Å². The maximum Gasteiger partial charge on any atom is 0.263 e. The van der Waals surface area contributed by atoms with Gasteiger partial charge in [-0.05, 0) is 48.5 Å². The van der Waals surface area contributed by atoms with E-state index in [0.29, 0.717) is 11.4 Å². The Morgan fingerprint density at radius 1 is 0.923 bits per heavy atom. The van der Waals surface area contributed by atoms with Crippen LogP contribution in [0.4, 0.5) is 28.8 Å². The summed E-state index contributed by atoms with van der Waals surface area (Å²) in [7, 11) is -3.74. The molecule has 0 bridgehead atoms. The molecule has 0 amide bonds. The number of nitrogens with two attached hydrogens (primary N) is 2. The molecule has 1 aromatic carbocycles. The van der Waals surface area contributed by atoms with Crippen LogP contribution in [-0.4, -0.2) is 18.4 Å². The predicted octanol–water partition coefficient (Wildman–Crippen LogP) is 2.86. The van der Waals surface area contributed by atoms with Crippen molar-refractivity contribution in [2.75, 3.05) is 16.2 Å². The number of nitrogen functional groups attached to an aromatic ring is 2. The SMILES string of the molecule is Nc1ccc(N=Nc2ccc(S(=O)(=O)Nc3ccccn3)cc2)c(N)n1. The van der Waals surface area contributed by atoms with Crippen molar-refractivity contribution in [3.63, 3.8) is 0 Å². The van der Waals surface area contributed by atoms with Crippen molar-refractivity contribution >= 4 is 38.9 Å². The van der Waals surface area contributed by atoms with Crippen molar-refractivity contribution in [2.24, 2.45) is 10.2 Å². The first-order valence-electron chi connectivity index (χ1n) is 7.42. The van der Waals surface area contributed by atoms with Gasteiger partial charge >= 0.3 is 0 Å². The Labute approximate surface area is 149 Å². The molecule has 0 fully saturated rings. The molecule has 2 aromatic heterocycles. The fourth-order valence-electron chi connectivity index (χ4n) is 1.99. The minimum atomic E-state index is -3.74. The van der Waals surface area contributed by atoms with Gasteiger partial charge in [0.05, 0.1) is 10.6 Å². The van der Waals surface area contributed by atoms with Crippen molar-refractivity contribution in [3.8, 4) is 0 Å². The fourth-order valence-corrected chi connectivity index (χ4v) is 3.00. The average Bonchev–Trinajstić information content (AvgIpc) is 2.62. The quantitative estimate of drug-likeness (QED) is 0.589. The summed E-state index contributed by atoms with van der Waals surface area (Å²) >= 11 is 0. The van der Waals surface area contributed by atoms with E-state index in [1.807, 2.05) is 0 Å². The summed E-state index contributed by atoms with van der Waals surface area (Å²) < 4.78 is 27.0. The normalized spacial score (nSPS) is 11.5. The molecule has 0 radical (unpaired) electrons. The van der Waals surface area contributed by atoms with Crippen molar-refractivity contribution in [3.05, 3.63) is 60.8 Å². The second kappa shape index (κ2) is 7.15. The number of nitrogens with one attached hydrogen (secondary N) is 1. The van der Waals surface area contributed by atoms with E-state index in [4.69, 9.17) is 11.5 Å². The van der Waals surface area contributed by atoms with E-state index in [9.17, 15) is 8.42 Å². The standard InChI is InChI=1S/C16H15N7O2S/c17-14-9-8-13(16(18)20-14)22-21-11-4-6-12(7-5-11)26(24,25)23-15-3-1-2-10-19-15/h1-10H,(H,19,23)(H4,17,18,20). The number of hydrogen-bond donors (Lipinski definition) is 3. The van der Waals surface area contributed by atoms with Gasteiger partial charge in [-0.2, -0.15) is 5.11 Å². The predicted molar refractivity (Wildman–Crippen MR) is 98.7 cm³/mol. The molecule has 5 N–H and O–H groups in total. The molecule has 132 valence electrons. The lowest BCUT2D eigenvalue weighted by Gasteiger charge is -2.07. The minimum Gasteiger partial charge on any atom is -0.384 e. The molecule has 9 nitrogen and oxygen atoms in total. The van der Waals surface area contributed by atoms with Gasteiger partial charge in [-0.25, -0.2) is 18.4 Å². The number of pyridine rings is 2. The number of anilines is 3. The molecule has 0 aliphatic heterocycles. The van der Waals surface area contributed by atoms with Crippen LogP contribution in [0.3, 0.4) is 0 Å². The first-order chi connectivity index (χ1) is 12.4. The zero-order valence-corrected chi connectivity index (χ0v) is 14.3. The van der Waals surface area contributed by atoms with Crippen LogP contribution in [0, 0.1) is 0 Å². The van der Waals surface area contributed by atoms with E-state index in [2.05, 4.69) is 24.9 Å². The number of hydrogen-bond acceptors (Lipinski definition) is 8. The molecule has 0 saturated carbocycles. The molecular formula is C16H15N7O2S. The molecular weight excluding hydrogens is 354 g/mol. The lowest BCUT2D eigenvalue weighted by molar-refractivity contribution is 0.601. The highest BCUT2D eigenvalue weighted by Crippen LogP contribution is 2.24. The molecule has 0 atom stereocenters. The van der Waals surface area contributed by atoms with Crippen molar-refractivity contribution in [1.29, 1.82) is 0 Å². The van der Waals surface area contributed by atoms with Gasteiger partial charge in [0.1, 0.15) is 17.3 Å². The molecule has 0 aliphatic rings. The van der Waals surface area contributed by atoms with Crippen LogP contribution in [0.15, 0.2) is 75.9 Å². The Balaban J connectivity index is 1.76. The van der Waals surface area contributed by atoms with E-state index in [1.165, 1.54) is 30.5 Å². The Morgan fingerprint density at radius 3 is 2.35 bits per heavy atom. The van der Waals surface area contributed by atoms with Gasteiger partial charge < -0.3 is 11.5 Å². The van der Waals surface area contributed by atoms with Crippen molar-refractivity contribution < 1.29 is 8.42 Å². The number of rotatable bonds is 5. The second-order valence-electron chi connectivity index (χ2n) is 5.15. The molecule has 0 saturated heterocycles. The van der Waals surface area contributed by atoms with Gasteiger partial charge in [0.25, 0.3) is 10.0 Å². The maximum atomic E-state index is 12.3. The summed E-state index contributed by atoms with van der Waals surface area (Å²) in [6, 6.07) is 14.0. The molecule has 26 heavy (non-hydrogen) atoms. The molecule has 3 aromatic rings. The molecule has 3 rings (SSSR count). The minimum absolute atomic E-state index is 0.0794. The van der Waals surface area contributed by atoms with Gasteiger partial charge in [-0.1, -0.05) is 6.07 Å². The Morgan fingerprint density at radius 2 is 1.69 bits per heavy atom. The lowest BCUT2D eigenvalue weighted by atomic mass is 10.3. The Kier molecular flexibility index (Phi) is 4.76. The number of benzene rings is 1. The largest absolute Gasteiger partial charge is 0.384 e. The van der Waals surface area contributed by atoms with Crippen LogP contribution < -0.4 is 16.2 Å². The summed E-state index contributed by atoms with van der Waals surface area (Å²) in [4.78, 5) is 7.89. The van der Waals surface area contributed by atoms with Gasteiger partial charge in [-0.3, -0.25) is 4.72 Å². The number of nitrogens with zero attached hydrogens (tertiary/aromatic N) is 4. The zero-order valence-electron chi connectivity index (χ0n) is 13.4. The zero-order chi connectivity index (χ0) is 18.6. The third-order valence-electron chi connectivity index (χ3n) is 3.25. The van der Waals surface area contributed by atoms with E-state index < -0.39 is 10.0 Å². The van der Waals surface area contributed by atoms with Gasteiger partial charge in [0.2, 0.25) is 0 Å². The smallest absolute Gasteiger partial charge is 0.263 e. The lowest BCUT2D eigenvalue weighted by Crippen LogP contribution is -2.13. The monoisotopic (exact) mass is 369 g/mol. The number of sulfonamides is 1. The second-order valence-corrected chi connectivity index (χ2v) is 6.84. The highest BCUT2D eigenvalue weighted by molar-refractivity contribution is 7.92. The van der Waals surface area contributed by atoms with Crippen molar-refractivity contribution in [2.45, 2.75) is 4.90 Å². The molecule has 10 heteroatoms. The number of azo groups is 1. The van der Waals surface area contributed by atoms with E-state index >= 15 is 0 Å². The van der Waals surface area contributed by atoms with Crippen LogP contribution in [-0.2, 0) is 10.0 Å². The fraction of sp³-hybridized carbons (Fsp3) is 0. The van der Waals surface area contributed by atoms with Gasteiger partial charge in [-0.15, -0.1) is 5.11 Å². The molecule has 0 spiro atoms. The third kappa shape index (κ3) is 4.11. The molecule has 0 unspecified atom stereocenters. The average molecular weight is 369 g/mol. The highest BCUT2D eigenvalue weighted by atomic mass is 32.2. The topological polar surface area (TPSA) is 149 Å². The van der Waals surface area contributed by atoms with Gasteiger partial charge in [0.15, 0.2) is 5.82 Å². The number of aromatic nitrogens is 2.